The molecule has 1 aromatic carbocycles. The number of hydrogen-bond acceptors (Lipinski definition) is 8. The van der Waals surface area contributed by atoms with Gasteiger partial charge in [0.2, 0.25) is 5.15 Å². The van der Waals surface area contributed by atoms with Crippen LogP contribution in [0.25, 0.3) is 0 Å². The van der Waals surface area contributed by atoms with Gasteiger partial charge in [-0.05, 0) is 12.1 Å². The largest absolute Gasteiger partial charge is 0.436 e. The maximum Gasteiger partial charge on any atom is 0.409 e. The molecule has 0 aliphatic carbocycles. The maximum atomic E-state index is 10.8. The lowest BCUT2D eigenvalue weighted by molar-refractivity contribution is 0.211. The molecule has 2 heterocycles. The summed E-state index contributed by atoms with van der Waals surface area (Å²) in [5.41, 5.74) is 5.65. The maximum absolute atomic E-state index is 10.8. The average Bonchev–Trinajstić information content (AvgIpc) is 2.95. The first kappa shape index (κ1) is 16.5. The first-order valence-electron chi connectivity index (χ1n) is 6.91. The molecule has 0 saturated carbocycles. The minimum absolute atomic E-state index is 0.0271. The molecule has 0 aliphatic heterocycles. The first-order valence-corrected chi connectivity index (χ1v) is 7.28. The predicted octanol–water partition coefficient (Wildman–Crippen LogP) is 2.25. The number of amides is 1. The van der Waals surface area contributed by atoms with Crippen molar-refractivity contribution in [2.75, 3.05) is 5.32 Å². The molecular weight excluding hydrogens is 350 g/mol. The van der Waals surface area contributed by atoms with Gasteiger partial charge in [-0.2, -0.15) is 10.1 Å². The monoisotopic (exact) mass is 361 g/mol. The molecule has 128 valence electrons. The van der Waals surface area contributed by atoms with Crippen molar-refractivity contribution in [3.8, 4) is 17.4 Å². The summed E-state index contributed by atoms with van der Waals surface area (Å²) in [5.74, 6) is 0.751. The molecule has 0 atom stereocenters. The molecule has 1 amide bonds. The van der Waals surface area contributed by atoms with Gasteiger partial charge in [-0.25, -0.2) is 4.79 Å². The van der Waals surface area contributed by atoms with Crippen molar-refractivity contribution >= 4 is 29.3 Å². The van der Waals surface area contributed by atoms with E-state index in [9.17, 15) is 4.79 Å². The lowest BCUT2D eigenvalue weighted by Crippen LogP contribution is -2.16. The number of carbonyl (C=O) groups is 1. The summed E-state index contributed by atoms with van der Waals surface area (Å²) in [6.07, 6.45) is 2.41. The normalized spacial score (nSPS) is 10.3. The van der Waals surface area contributed by atoms with Crippen LogP contribution >= 0.6 is 11.6 Å². The van der Waals surface area contributed by atoms with E-state index in [1.54, 1.807) is 42.3 Å². The molecular formula is C14H12ClN7O3. The molecule has 10 nitrogen and oxygen atoms in total. The third-order valence-corrected chi connectivity index (χ3v) is 3.05. The number of primary amides is 1. The van der Waals surface area contributed by atoms with Crippen LogP contribution in [0.4, 0.5) is 16.4 Å². The summed E-state index contributed by atoms with van der Waals surface area (Å²) in [4.78, 5) is 15.0. The second-order valence-corrected chi connectivity index (χ2v) is 5.12. The molecule has 0 spiro atoms. The number of anilines is 2. The van der Waals surface area contributed by atoms with Crippen LogP contribution in [0, 0.1) is 0 Å². The van der Waals surface area contributed by atoms with Crippen molar-refractivity contribution in [1.82, 2.24) is 25.0 Å². The van der Waals surface area contributed by atoms with E-state index in [4.69, 9.17) is 26.8 Å². The number of rotatable bonds is 5. The summed E-state index contributed by atoms with van der Waals surface area (Å²) < 4.78 is 12.0. The second kappa shape index (κ2) is 7.01. The molecule has 11 heteroatoms. The zero-order valence-corrected chi connectivity index (χ0v) is 13.6. The van der Waals surface area contributed by atoms with Gasteiger partial charge in [-0.15, -0.1) is 10.2 Å². The van der Waals surface area contributed by atoms with Gasteiger partial charge in [-0.1, -0.05) is 17.7 Å². The standard InChI is InChI=1S/C14H12ClN7O3/c1-22-7-8(6-17-22)18-14-19-12(11(15)20-21-14)24-9-3-2-4-10(5-9)25-13(16)23/h2-7H,1H3,(H2,16,23)(H,18,19,21). The van der Waals surface area contributed by atoms with E-state index >= 15 is 0 Å². The Bertz CT molecular complexity index is 915. The highest BCUT2D eigenvalue weighted by Crippen LogP contribution is 2.28. The second-order valence-electron chi connectivity index (χ2n) is 4.76. The zero-order valence-electron chi connectivity index (χ0n) is 12.9. The molecule has 0 bridgehead atoms. The van der Waals surface area contributed by atoms with Crippen molar-refractivity contribution in [3.05, 3.63) is 41.8 Å². The average molecular weight is 362 g/mol. The van der Waals surface area contributed by atoms with Crippen LogP contribution in [0.1, 0.15) is 0 Å². The Morgan fingerprint density at radius 1 is 1.32 bits per heavy atom. The molecule has 0 saturated heterocycles. The Hall–Kier alpha value is -3.40. The van der Waals surface area contributed by atoms with Crippen LogP contribution in [-0.2, 0) is 7.05 Å². The number of benzene rings is 1. The third kappa shape index (κ3) is 4.32. The number of nitrogens with two attached hydrogens (primary N) is 1. The van der Waals surface area contributed by atoms with Crippen LogP contribution in [0.5, 0.6) is 17.4 Å². The van der Waals surface area contributed by atoms with E-state index < -0.39 is 6.09 Å². The number of nitrogens with zero attached hydrogens (tertiary/aromatic N) is 5. The van der Waals surface area contributed by atoms with Gasteiger partial charge < -0.3 is 20.5 Å². The topological polar surface area (TPSA) is 130 Å². The molecule has 0 fully saturated rings. The summed E-state index contributed by atoms with van der Waals surface area (Å²) in [5, 5.41) is 14.5. The van der Waals surface area contributed by atoms with Crippen molar-refractivity contribution in [2.24, 2.45) is 12.8 Å². The number of hydrogen-bond donors (Lipinski definition) is 2. The zero-order chi connectivity index (χ0) is 17.8. The number of aryl methyl sites for hydroxylation is 1. The molecule has 0 aliphatic rings. The highest BCUT2D eigenvalue weighted by Gasteiger charge is 2.11. The van der Waals surface area contributed by atoms with Crippen LogP contribution in [0.15, 0.2) is 36.7 Å². The fourth-order valence-corrected chi connectivity index (χ4v) is 1.98. The van der Waals surface area contributed by atoms with Crippen molar-refractivity contribution in [3.63, 3.8) is 0 Å². The van der Waals surface area contributed by atoms with Gasteiger partial charge in [0.25, 0.3) is 11.8 Å². The van der Waals surface area contributed by atoms with Crippen LogP contribution in [-0.4, -0.2) is 31.1 Å². The van der Waals surface area contributed by atoms with Crippen LogP contribution in [0.2, 0.25) is 5.15 Å². The van der Waals surface area contributed by atoms with E-state index in [1.165, 1.54) is 6.07 Å². The van der Waals surface area contributed by atoms with Gasteiger partial charge in [0.1, 0.15) is 11.5 Å². The van der Waals surface area contributed by atoms with Crippen molar-refractivity contribution in [2.45, 2.75) is 0 Å². The molecule has 25 heavy (non-hydrogen) atoms. The number of carbonyl (C=O) groups excluding carboxylic acids is 1. The quantitative estimate of drug-likeness (QED) is 0.707. The van der Waals surface area contributed by atoms with Gasteiger partial charge in [0.05, 0.1) is 11.9 Å². The van der Waals surface area contributed by atoms with E-state index in [2.05, 4.69) is 25.6 Å². The van der Waals surface area contributed by atoms with Crippen molar-refractivity contribution < 1.29 is 14.3 Å². The highest BCUT2D eigenvalue weighted by molar-refractivity contribution is 6.30. The number of halogens is 1. The van der Waals surface area contributed by atoms with E-state index in [1.807, 2.05) is 0 Å². The minimum Gasteiger partial charge on any atom is -0.436 e. The van der Waals surface area contributed by atoms with Crippen molar-refractivity contribution in [1.29, 1.82) is 0 Å². The fraction of sp³-hybridized carbons (Fsp3) is 0.0714. The number of ether oxygens (including phenoxy) is 2. The lowest BCUT2D eigenvalue weighted by Gasteiger charge is -2.08. The number of aromatic nitrogens is 5. The summed E-state index contributed by atoms with van der Waals surface area (Å²) in [6.45, 7) is 0. The van der Waals surface area contributed by atoms with Crippen LogP contribution in [0.3, 0.4) is 0 Å². The Morgan fingerprint density at radius 2 is 2.12 bits per heavy atom. The van der Waals surface area contributed by atoms with Gasteiger partial charge in [-0.3, -0.25) is 4.68 Å². The van der Waals surface area contributed by atoms with Gasteiger partial charge in [0, 0.05) is 19.3 Å². The molecule has 3 N–H and O–H groups in total. The SMILES string of the molecule is Cn1cc(Nc2nnc(Cl)c(Oc3cccc(OC(N)=O)c3)n2)cn1. The third-order valence-electron chi connectivity index (χ3n) is 2.82. The summed E-state index contributed by atoms with van der Waals surface area (Å²) in [7, 11) is 1.78. The summed E-state index contributed by atoms with van der Waals surface area (Å²) in [6, 6.07) is 6.25. The molecule has 0 radical (unpaired) electrons. The van der Waals surface area contributed by atoms with Gasteiger partial charge >= 0.3 is 6.09 Å². The van der Waals surface area contributed by atoms with E-state index in [0.717, 1.165) is 0 Å². The van der Waals surface area contributed by atoms with E-state index in [-0.39, 0.29) is 22.7 Å². The lowest BCUT2D eigenvalue weighted by atomic mass is 10.3. The Kier molecular flexibility index (Phi) is 4.61. The molecule has 0 unspecified atom stereocenters. The number of nitrogens with one attached hydrogen (secondary N) is 1. The first-order chi connectivity index (χ1) is 12.0. The predicted molar refractivity (Wildman–Crippen MR) is 88.1 cm³/mol. The molecule has 2 aromatic heterocycles. The molecule has 3 aromatic rings. The Morgan fingerprint density at radius 3 is 2.84 bits per heavy atom. The minimum atomic E-state index is -0.929. The molecule has 3 rings (SSSR count). The van der Waals surface area contributed by atoms with Crippen LogP contribution < -0.4 is 20.5 Å². The van der Waals surface area contributed by atoms with E-state index in [0.29, 0.717) is 11.4 Å². The van der Waals surface area contributed by atoms with Gasteiger partial charge in [0.15, 0.2) is 0 Å². The summed E-state index contributed by atoms with van der Waals surface area (Å²) >= 11 is 5.97. The smallest absolute Gasteiger partial charge is 0.409 e. The Balaban J connectivity index is 1.80. The highest BCUT2D eigenvalue weighted by atomic mass is 35.5. The Labute approximate surface area is 146 Å². The fourth-order valence-electron chi connectivity index (χ4n) is 1.86.